The third kappa shape index (κ3) is 3.28. The first-order valence-corrected chi connectivity index (χ1v) is 9.42. The fourth-order valence-electron chi connectivity index (χ4n) is 3.51. The van der Waals surface area contributed by atoms with Gasteiger partial charge in [-0.25, -0.2) is 0 Å². The summed E-state index contributed by atoms with van der Waals surface area (Å²) in [5.41, 5.74) is 3.05. The molecule has 0 bridgehead atoms. The molecule has 1 aliphatic rings. The van der Waals surface area contributed by atoms with Crippen molar-refractivity contribution in [3.05, 3.63) is 78.4 Å². The maximum absolute atomic E-state index is 9.66. The molecular formula is C21H22N4OS. The van der Waals surface area contributed by atoms with Crippen LogP contribution in [0, 0.1) is 0 Å². The Balaban J connectivity index is 1.81. The maximum Gasteiger partial charge on any atom is 0.174 e. The van der Waals surface area contributed by atoms with Gasteiger partial charge in [0.25, 0.3) is 0 Å². The van der Waals surface area contributed by atoms with Gasteiger partial charge in [-0.3, -0.25) is 4.98 Å². The minimum Gasteiger partial charge on any atom is -0.508 e. The number of aromatic nitrogens is 2. The minimum atomic E-state index is -0.0597. The van der Waals surface area contributed by atoms with Crippen LogP contribution >= 0.6 is 12.2 Å². The number of benzene rings is 1. The molecule has 3 aromatic rings. The van der Waals surface area contributed by atoms with Crippen molar-refractivity contribution < 1.29 is 5.11 Å². The van der Waals surface area contributed by atoms with E-state index in [0.29, 0.717) is 11.2 Å². The van der Waals surface area contributed by atoms with Crippen molar-refractivity contribution in [3.63, 3.8) is 0 Å². The second-order valence-corrected chi connectivity index (χ2v) is 7.39. The monoisotopic (exact) mass is 378 g/mol. The summed E-state index contributed by atoms with van der Waals surface area (Å²) in [6.07, 6.45) is 6.08. The SMILES string of the molecule is CC(C)n1ccc([C@H]2[C@H](c3ccccn3)NC(=S)N2c2ccc(O)cc2)c1. The van der Waals surface area contributed by atoms with E-state index < -0.39 is 0 Å². The molecule has 0 amide bonds. The number of rotatable bonds is 4. The highest BCUT2D eigenvalue weighted by molar-refractivity contribution is 7.80. The molecule has 2 atom stereocenters. The first kappa shape index (κ1) is 17.5. The molecule has 6 heteroatoms. The smallest absolute Gasteiger partial charge is 0.174 e. The Morgan fingerprint density at radius 2 is 1.89 bits per heavy atom. The number of pyridine rings is 1. The molecule has 1 saturated heterocycles. The third-order valence-corrected chi connectivity index (χ3v) is 5.22. The average molecular weight is 379 g/mol. The van der Waals surface area contributed by atoms with Crippen LogP contribution in [0.4, 0.5) is 5.69 Å². The van der Waals surface area contributed by atoms with Gasteiger partial charge in [0.15, 0.2) is 5.11 Å². The van der Waals surface area contributed by atoms with E-state index in [9.17, 15) is 5.11 Å². The topological polar surface area (TPSA) is 53.3 Å². The number of phenolic OH excluding ortho intramolecular Hbond substituents is 1. The molecule has 2 N–H and O–H groups in total. The van der Waals surface area contributed by atoms with E-state index in [4.69, 9.17) is 12.2 Å². The lowest BCUT2D eigenvalue weighted by molar-refractivity contribution is 0.475. The summed E-state index contributed by atoms with van der Waals surface area (Å²) in [5, 5.41) is 13.8. The highest BCUT2D eigenvalue weighted by atomic mass is 32.1. The molecule has 3 heterocycles. The van der Waals surface area contributed by atoms with Crippen LogP contribution in [0.2, 0.25) is 0 Å². The summed E-state index contributed by atoms with van der Waals surface area (Å²) in [5.74, 6) is 0.237. The first-order valence-electron chi connectivity index (χ1n) is 9.01. The van der Waals surface area contributed by atoms with Gasteiger partial charge in [-0.05, 0) is 74.1 Å². The number of phenols is 1. The molecule has 138 valence electrons. The number of thiocarbonyl (C=S) groups is 1. The fourth-order valence-corrected chi connectivity index (χ4v) is 3.86. The standard InChI is InChI=1S/C21H22N4OS/c1-14(2)24-12-10-15(13-24)20-19(18-5-3-4-11-22-18)23-21(27)25(20)16-6-8-17(26)9-7-16/h3-14,19-20,26H,1-2H3,(H,23,27)/t19-,20-/m0/s1. The summed E-state index contributed by atoms with van der Waals surface area (Å²) in [7, 11) is 0. The van der Waals surface area contributed by atoms with E-state index >= 15 is 0 Å². The van der Waals surface area contributed by atoms with Gasteiger partial charge < -0.3 is 19.9 Å². The molecule has 2 aromatic heterocycles. The van der Waals surface area contributed by atoms with Crippen molar-refractivity contribution in [3.8, 4) is 5.75 Å². The van der Waals surface area contributed by atoms with Gasteiger partial charge in [0.05, 0.1) is 17.8 Å². The number of hydrogen-bond acceptors (Lipinski definition) is 3. The van der Waals surface area contributed by atoms with Crippen LogP contribution in [0.15, 0.2) is 67.1 Å². The number of anilines is 1. The van der Waals surface area contributed by atoms with E-state index in [1.54, 1.807) is 18.3 Å². The van der Waals surface area contributed by atoms with E-state index in [1.165, 1.54) is 5.56 Å². The number of aromatic hydroxyl groups is 1. The van der Waals surface area contributed by atoms with Crippen molar-refractivity contribution in [2.45, 2.75) is 32.0 Å². The van der Waals surface area contributed by atoms with Crippen molar-refractivity contribution in [1.82, 2.24) is 14.9 Å². The van der Waals surface area contributed by atoms with Gasteiger partial charge in [0, 0.05) is 30.3 Å². The van der Waals surface area contributed by atoms with E-state index in [1.807, 2.05) is 30.3 Å². The molecule has 0 unspecified atom stereocenters. The van der Waals surface area contributed by atoms with Crippen molar-refractivity contribution >= 4 is 23.0 Å². The molecule has 1 aliphatic heterocycles. The van der Waals surface area contributed by atoms with Crippen molar-refractivity contribution in [2.75, 3.05) is 4.90 Å². The Morgan fingerprint density at radius 3 is 2.52 bits per heavy atom. The summed E-state index contributed by atoms with van der Waals surface area (Å²) in [6.45, 7) is 4.32. The minimum absolute atomic E-state index is 0.0306. The Hall–Kier alpha value is -2.86. The predicted octanol–water partition coefficient (Wildman–Crippen LogP) is 4.35. The van der Waals surface area contributed by atoms with Gasteiger partial charge in [0.1, 0.15) is 5.75 Å². The van der Waals surface area contributed by atoms with Gasteiger partial charge in [-0.2, -0.15) is 0 Å². The van der Waals surface area contributed by atoms with Crippen LogP contribution in [-0.2, 0) is 0 Å². The highest BCUT2D eigenvalue weighted by Gasteiger charge is 2.41. The zero-order valence-corrected chi connectivity index (χ0v) is 16.1. The first-order chi connectivity index (χ1) is 13.0. The van der Waals surface area contributed by atoms with Crippen LogP contribution in [0.25, 0.3) is 0 Å². The highest BCUT2D eigenvalue weighted by Crippen LogP contribution is 2.41. The molecular weight excluding hydrogens is 356 g/mol. The second kappa shape index (κ2) is 7.04. The van der Waals surface area contributed by atoms with Crippen molar-refractivity contribution in [1.29, 1.82) is 0 Å². The molecule has 1 aromatic carbocycles. The Labute approximate surface area is 164 Å². The predicted molar refractivity (Wildman–Crippen MR) is 111 cm³/mol. The quantitative estimate of drug-likeness (QED) is 0.661. The molecule has 0 saturated carbocycles. The lowest BCUT2D eigenvalue weighted by Gasteiger charge is -2.27. The number of hydrogen-bond donors (Lipinski definition) is 2. The van der Waals surface area contributed by atoms with Crippen LogP contribution in [0.1, 0.15) is 43.2 Å². The summed E-state index contributed by atoms with van der Waals surface area (Å²) in [6, 6.07) is 15.5. The molecule has 0 spiro atoms. The normalized spacial score (nSPS) is 19.5. The van der Waals surface area contributed by atoms with Crippen LogP contribution < -0.4 is 10.2 Å². The van der Waals surface area contributed by atoms with Crippen LogP contribution in [-0.4, -0.2) is 19.8 Å². The van der Waals surface area contributed by atoms with E-state index in [0.717, 1.165) is 11.4 Å². The van der Waals surface area contributed by atoms with Gasteiger partial charge in [0.2, 0.25) is 0 Å². The molecule has 0 aliphatic carbocycles. The zero-order chi connectivity index (χ0) is 19.0. The molecule has 4 rings (SSSR count). The third-order valence-electron chi connectivity index (χ3n) is 4.90. The molecule has 5 nitrogen and oxygen atoms in total. The number of nitrogens with zero attached hydrogens (tertiary/aromatic N) is 3. The van der Waals surface area contributed by atoms with Crippen LogP contribution in [0.5, 0.6) is 5.75 Å². The zero-order valence-electron chi connectivity index (χ0n) is 15.3. The average Bonchev–Trinajstić information content (AvgIpc) is 3.28. The summed E-state index contributed by atoms with van der Waals surface area (Å²) < 4.78 is 2.20. The Morgan fingerprint density at radius 1 is 1.11 bits per heavy atom. The van der Waals surface area contributed by atoms with Gasteiger partial charge >= 0.3 is 0 Å². The summed E-state index contributed by atoms with van der Waals surface area (Å²) >= 11 is 5.69. The second-order valence-electron chi connectivity index (χ2n) is 7.00. The fraction of sp³-hybridized carbons (Fsp3) is 0.238. The number of nitrogens with one attached hydrogen (secondary N) is 1. The lowest BCUT2D eigenvalue weighted by Crippen LogP contribution is -2.29. The molecule has 0 radical (unpaired) electrons. The largest absolute Gasteiger partial charge is 0.508 e. The Bertz CT molecular complexity index is 936. The van der Waals surface area contributed by atoms with Gasteiger partial charge in [-0.15, -0.1) is 0 Å². The molecule has 27 heavy (non-hydrogen) atoms. The Kier molecular flexibility index (Phi) is 4.58. The lowest BCUT2D eigenvalue weighted by atomic mass is 9.98. The van der Waals surface area contributed by atoms with Crippen molar-refractivity contribution in [2.24, 2.45) is 0 Å². The van der Waals surface area contributed by atoms with Gasteiger partial charge in [-0.1, -0.05) is 6.07 Å². The van der Waals surface area contributed by atoms with Crippen LogP contribution in [0.3, 0.4) is 0 Å². The van der Waals surface area contributed by atoms with E-state index in [2.05, 4.69) is 52.1 Å². The summed E-state index contributed by atoms with van der Waals surface area (Å²) in [4.78, 5) is 6.66. The maximum atomic E-state index is 9.66. The van der Waals surface area contributed by atoms with E-state index in [-0.39, 0.29) is 17.8 Å². The molecule has 1 fully saturated rings.